The van der Waals surface area contributed by atoms with Gasteiger partial charge in [-0.05, 0) is 55.2 Å². The van der Waals surface area contributed by atoms with E-state index in [1.165, 1.54) is 12.5 Å². The van der Waals surface area contributed by atoms with Gasteiger partial charge in [-0.25, -0.2) is 9.18 Å². The number of rotatable bonds is 3. The summed E-state index contributed by atoms with van der Waals surface area (Å²) in [6.07, 6.45) is 4.32. The third-order valence-electron chi connectivity index (χ3n) is 4.19. The van der Waals surface area contributed by atoms with Gasteiger partial charge in [0.2, 0.25) is 0 Å². The molecule has 3 nitrogen and oxygen atoms in total. The molecule has 0 aromatic heterocycles. The van der Waals surface area contributed by atoms with Gasteiger partial charge in [-0.1, -0.05) is 13.0 Å². The molecule has 2 N–H and O–H groups in total. The van der Waals surface area contributed by atoms with Crippen molar-refractivity contribution in [1.82, 2.24) is 5.32 Å². The predicted octanol–water partition coefficient (Wildman–Crippen LogP) is 3.62. The Balaban J connectivity index is 1.66. The smallest absolute Gasteiger partial charge is 0.319 e. The number of urea groups is 1. The number of benzene rings is 1. The summed E-state index contributed by atoms with van der Waals surface area (Å²) < 4.78 is 14.0. The van der Waals surface area contributed by atoms with Crippen molar-refractivity contribution >= 4 is 11.7 Å². The second kappa shape index (κ2) is 4.83. The van der Waals surface area contributed by atoms with E-state index in [0.717, 1.165) is 24.8 Å². The molecule has 3 rings (SSSR count). The average molecular weight is 262 g/mol. The highest BCUT2D eigenvalue weighted by atomic mass is 19.1. The first-order chi connectivity index (χ1) is 9.13. The van der Waals surface area contributed by atoms with Gasteiger partial charge < -0.3 is 10.6 Å². The normalized spacial score (nSPS) is 25.6. The third-order valence-corrected chi connectivity index (χ3v) is 4.19. The summed E-state index contributed by atoms with van der Waals surface area (Å²) in [5.41, 5.74) is 1.30. The first-order valence-electron chi connectivity index (χ1n) is 7.00. The maximum absolute atomic E-state index is 14.0. The Kier molecular flexibility index (Phi) is 3.17. The number of carbonyl (C=O) groups excluding carboxylic acids is 1. The molecule has 1 aromatic carbocycles. The molecular formula is C15H19FN2O. The summed E-state index contributed by atoms with van der Waals surface area (Å²) in [4.78, 5) is 11.6. The molecule has 2 amide bonds. The zero-order valence-corrected chi connectivity index (χ0v) is 11.1. The van der Waals surface area contributed by atoms with E-state index in [1.54, 1.807) is 6.07 Å². The number of carbonyl (C=O) groups is 1. The summed E-state index contributed by atoms with van der Waals surface area (Å²) in [5, 5.41) is 5.49. The number of hydrogen-bond acceptors (Lipinski definition) is 1. The van der Waals surface area contributed by atoms with Gasteiger partial charge in [0.05, 0.1) is 0 Å². The Labute approximate surface area is 112 Å². The molecule has 0 spiro atoms. The first-order valence-corrected chi connectivity index (χ1v) is 7.00. The average Bonchev–Trinajstić information content (AvgIpc) is 3.14. The van der Waals surface area contributed by atoms with Crippen LogP contribution in [0.1, 0.15) is 44.1 Å². The monoisotopic (exact) mass is 262 g/mol. The molecule has 2 unspecified atom stereocenters. The molecule has 2 fully saturated rings. The van der Waals surface area contributed by atoms with Gasteiger partial charge in [-0.2, -0.15) is 0 Å². The fourth-order valence-corrected chi connectivity index (χ4v) is 2.61. The molecule has 2 aliphatic carbocycles. The van der Waals surface area contributed by atoms with Crippen molar-refractivity contribution in [3.05, 3.63) is 29.6 Å². The van der Waals surface area contributed by atoms with E-state index in [9.17, 15) is 9.18 Å². The van der Waals surface area contributed by atoms with Gasteiger partial charge in [-0.15, -0.1) is 0 Å². The van der Waals surface area contributed by atoms with Crippen LogP contribution in [0.4, 0.5) is 14.9 Å². The van der Waals surface area contributed by atoms with E-state index in [-0.39, 0.29) is 11.8 Å². The van der Waals surface area contributed by atoms with Crippen molar-refractivity contribution in [3.8, 4) is 0 Å². The molecular weight excluding hydrogens is 243 g/mol. The number of nitrogens with one attached hydrogen (secondary N) is 2. The van der Waals surface area contributed by atoms with Crippen LogP contribution in [-0.4, -0.2) is 12.1 Å². The van der Waals surface area contributed by atoms with Gasteiger partial charge in [0.15, 0.2) is 0 Å². The molecule has 4 heteroatoms. The van der Waals surface area contributed by atoms with Crippen molar-refractivity contribution in [2.45, 2.75) is 44.6 Å². The van der Waals surface area contributed by atoms with Crippen molar-refractivity contribution in [2.24, 2.45) is 5.92 Å². The maximum Gasteiger partial charge on any atom is 0.319 e. The summed E-state index contributed by atoms with van der Waals surface area (Å²) >= 11 is 0. The Morgan fingerprint density at radius 3 is 2.58 bits per heavy atom. The molecule has 2 saturated carbocycles. The molecule has 102 valence electrons. The van der Waals surface area contributed by atoms with Gasteiger partial charge in [-0.3, -0.25) is 0 Å². The van der Waals surface area contributed by atoms with Crippen LogP contribution in [-0.2, 0) is 0 Å². The lowest BCUT2D eigenvalue weighted by atomic mass is 9.71. The minimum absolute atomic E-state index is 0.208. The minimum atomic E-state index is -0.244. The summed E-state index contributed by atoms with van der Waals surface area (Å²) in [5.74, 6) is 0.696. The number of amides is 2. The summed E-state index contributed by atoms with van der Waals surface area (Å²) in [6.45, 7) is 2.16. The minimum Gasteiger partial charge on any atom is -0.335 e. The SMILES string of the molecule is CC1CCC1c1ccc(NC(=O)NC2CC2)cc1F. The number of anilines is 1. The lowest BCUT2D eigenvalue weighted by Crippen LogP contribution is -2.30. The van der Waals surface area contributed by atoms with Crippen LogP contribution in [0.3, 0.4) is 0 Å². The zero-order chi connectivity index (χ0) is 13.4. The maximum atomic E-state index is 14.0. The molecule has 0 heterocycles. The van der Waals surface area contributed by atoms with E-state index in [4.69, 9.17) is 0 Å². The summed E-state index contributed by atoms with van der Waals surface area (Å²) in [6, 6.07) is 5.08. The van der Waals surface area contributed by atoms with Crippen LogP contribution < -0.4 is 10.6 Å². The van der Waals surface area contributed by atoms with Crippen LogP contribution in [0.15, 0.2) is 18.2 Å². The van der Waals surface area contributed by atoms with Crippen LogP contribution >= 0.6 is 0 Å². The molecule has 0 aliphatic heterocycles. The zero-order valence-electron chi connectivity index (χ0n) is 11.1. The van der Waals surface area contributed by atoms with Gasteiger partial charge >= 0.3 is 6.03 Å². The third kappa shape index (κ3) is 2.72. The highest BCUT2D eigenvalue weighted by Gasteiger charge is 2.30. The topological polar surface area (TPSA) is 41.1 Å². The Morgan fingerprint density at radius 2 is 2.05 bits per heavy atom. The molecule has 0 saturated heterocycles. The van der Waals surface area contributed by atoms with Crippen LogP contribution in [0.25, 0.3) is 0 Å². The lowest BCUT2D eigenvalue weighted by molar-refractivity contribution is 0.251. The highest BCUT2D eigenvalue weighted by molar-refractivity contribution is 5.89. The van der Waals surface area contributed by atoms with E-state index in [0.29, 0.717) is 23.6 Å². The van der Waals surface area contributed by atoms with Crippen molar-refractivity contribution < 1.29 is 9.18 Å². The molecule has 1 aromatic rings. The molecule has 2 atom stereocenters. The quantitative estimate of drug-likeness (QED) is 0.858. The number of hydrogen-bond donors (Lipinski definition) is 2. The molecule has 0 radical (unpaired) electrons. The van der Waals surface area contributed by atoms with E-state index < -0.39 is 0 Å². The van der Waals surface area contributed by atoms with Crippen molar-refractivity contribution in [2.75, 3.05) is 5.32 Å². The van der Waals surface area contributed by atoms with E-state index in [1.807, 2.05) is 6.07 Å². The Morgan fingerprint density at radius 1 is 1.26 bits per heavy atom. The van der Waals surface area contributed by atoms with Gasteiger partial charge in [0.25, 0.3) is 0 Å². The van der Waals surface area contributed by atoms with Gasteiger partial charge in [0.1, 0.15) is 5.82 Å². The van der Waals surface area contributed by atoms with Crippen LogP contribution in [0.2, 0.25) is 0 Å². The summed E-state index contributed by atoms with van der Waals surface area (Å²) in [7, 11) is 0. The molecule has 19 heavy (non-hydrogen) atoms. The van der Waals surface area contributed by atoms with Crippen LogP contribution in [0.5, 0.6) is 0 Å². The van der Waals surface area contributed by atoms with Crippen molar-refractivity contribution in [3.63, 3.8) is 0 Å². The van der Waals surface area contributed by atoms with Crippen molar-refractivity contribution in [1.29, 1.82) is 0 Å². The molecule has 0 bridgehead atoms. The first kappa shape index (κ1) is 12.5. The number of halogens is 1. The highest BCUT2D eigenvalue weighted by Crippen LogP contribution is 2.43. The van der Waals surface area contributed by atoms with Gasteiger partial charge in [0, 0.05) is 11.7 Å². The second-order valence-electron chi connectivity index (χ2n) is 5.77. The fraction of sp³-hybridized carbons (Fsp3) is 0.533. The Bertz CT molecular complexity index is 499. The lowest BCUT2D eigenvalue weighted by Gasteiger charge is -2.34. The standard InChI is InChI=1S/C15H19FN2O/c1-9-2-6-12(9)13-7-5-11(8-14(13)16)18-15(19)17-10-3-4-10/h5,7-10,12H,2-4,6H2,1H3,(H2,17,18,19). The Hall–Kier alpha value is -1.58. The largest absolute Gasteiger partial charge is 0.335 e. The fourth-order valence-electron chi connectivity index (χ4n) is 2.61. The predicted molar refractivity (Wildman–Crippen MR) is 72.7 cm³/mol. The second-order valence-corrected chi connectivity index (χ2v) is 5.77. The van der Waals surface area contributed by atoms with E-state index >= 15 is 0 Å². The van der Waals surface area contributed by atoms with Crippen LogP contribution in [0, 0.1) is 11.7 Å². The molecule has 2 aliphatic rings. The van der Waals surface area contributed by atoms with E-state index in [2.05, 4.69) is 17.6 Å².